The van der Waals surface area contributed by atoms with Gasteiger partial charge in [0.1, 0.15) is 6.07 Å². The Morgan fingerprint density at radius 3 is 2.20 bits per heavy atom. The number of rotatable bonds is 1. The lowest BCUT2D eigenvalue weighted by Gasteiger charge is -2.07. The third-order valence-corrected chi connectivity index (χ3v) is 0.820. The first-order chi connectivity index (χ1) is 4.57. The van der Waals surface area contributed by atoms with Crippen LogP contribution in [0.1, 0.15) is 6.92 Å². The minimum Gasteiger partial charge on any atom is -0.354 e. The first-order valence-electron chi connectivity index (χ1n) is 2.89. The summed E-state index contributed by atoms with van der Waals surface area (Å²) in [7, 11) is 3.54. The van der Waals surface area contributed by atoms with Gasteiger partial charge in [-0.3, -0.25) is 0 Å². The van der Waals surface area contributed by atoms with Crippen molar-refractivity contribution in [2.45, 2.75) is 6.92 Å². The second-order valence-corrected chi connectivity index (χ2v) is 2.18. The smallest absolute Gasteiger partial charge is 0.208 e. The highest BCUT2D eigenvalue weighted by molar-refractivity contribution is 5.96. The first-order valence-corrected chi connectivity index (χ1v) is 2.89. The Kier molecular flexibility index (Phi) is 3.20. The zero-order valence-corrected chi connectivity index (χ0v) is 6.55. The fraction of sp³-hybridized carbons (Fsp3) is 0.429. The quantitative estimate of drug-likeness (QED) is 0.399. The number of hydrogen-bond donors (Lipinski definition) is 0. The summed E-state index contributed by atoms with van der Waals surface area (Å²) in [5.74, 6) is 0.382. The maximum atomic E-state index is 8.48. The molecule has 0 aromatic rings. The van der Waals surface area contributed by atoms with E-state index in [2.05, 4.69) is 11.6 Å². The highest BCUT2D eigenvalue weighted by Gasteiger charge is 1.96. The SMILES string of the molecule is C=C(C)N=C(C#N)N(C)C. The highest BCUT2D eigenvalue weighted by atomic mass is 15.1. The van der Waals surface area contributed by atoms with Crippen LogP contribution in [0.25, 0.3) is 0 Å². The zero-order chi connectivity index (χ0) is 8.15. The summed E-state index contributed by atoms with van der Waals surface area (Å²) in [5, 5.41) is 8.48. The molecule has 0 aromatic heterocycles. The fourth-order valence-electron chi connectivity index (χ4n) is 0.406. The van der Waals surface area contributed by atoms with E-state index < -0.39 is 0 Å². The van der Waals surface area contributed by atoms with E-state index in [1.807, 2.05) is 6.07 Å². The fourth-order valence-corrected chi connectivity index (χ4v) is 0.406. The van der Waals surface area contributed by atoms with Crippen molar-refractivity contribution in [3.05, 3.63) is 12.3 Å². The van der Waals surface area contributed by atoms with Crippen LogP contribution in [0.2, 0.25) is 0 Å². The van der Waals surface area contributed by atoms with Crippen LogP contribution < -0.4 is 0 Å². The Bertz CT molecular complexity index is 195. The molecule has 0 atom stereocenters. The molecule has 0 amide bonds. The van der Waals surface area contributed by atoms with Crippen molar-refractivity contribution >= 4 is 5.84 Å². The van der Waals surface area contributed by atoms with Crippen LogP contribution in [-0.4, -0.2) is 24.8 Å². The van der Waals surface area contributed by atoms with Gasteiger partial charge in [-0.1, -0.05) is 6.58 Å². The topological polar surface area (TPSA) is 39.4 Å². The molecular weight excluding hydrogens is 126 g/mol. The van der Waals surface area contributed by atoms with Crippen molar-refractivity contribution in [2.75, 3.05) is 14.1 Å². The molecule has 0 aromatic carbocycles. The molecule has 0 spiro atoms. The van der Waals surface area contributed by atoms with Crippen molar-refractivity contribution in [3.63, 3.8) is 0 Å². The van der Waals surface area contributed by atoms with Gasteiger partial charge in [-0.2, -0.15) is 5.26 Å². The van der Waals surface area contributed by atoms with Crippen LogP contribution in [0.5, 0.6) is 0 Å². The van der Waals surface area contributed by atoms with Gasteiger partial charge in [0.15, 0.2) is 0 Å². The Morgan fingerprint density at radius 1 is 1.60 bits per heavy atom. The number of aliphatic imine (C=N–C) groups is 1. The van der Waals surface area contributed by atoms with Gasteiger partial charge in [-0.15, -0.1) is 0 Å². The molecular formula is C7H11N3. The second kappa shape index (κ2) is 3.67. The predicted octanol–water partition coefficient (Wildman–Crippen LogP) is 1.00. The lowest BCUT2D eigenvalue weighted by molar-refractivity contribution is 0.627. The van der Waals surface area contributed by atoms with E-state index in [0.29, 0.717) is 11.5 Å². The summed E-state index contributed by atoms with van der Waals surface area (Å²) in [6, 6.07) is 1.95. The van der Waals surface area contributed by atoms with Gasteiger partial charge in [-0.25, -0.2) is 4.99 Å². The molecule has 0 aliphatic rings. The van der Waals surface area contributed by atoms with Crippen LogP contribution in [0.4, 0.5) is 0 Å². The molecule has 0 fully saturated rings. The maximum absolute atomic E-state index is 8.48. The first kappa shape index (κ1) is 8.70. The molecule has 3 nitrogen and oxygen atoms in total. The molecule has 0 radical (unpaired) electrons. The predicted molar refractivity (Wildman–Crippen MR) is 41.5 cm³/mol. The lowest BCUT2D eigenvalue weighted by Crippen LogP contribution is -2.19. The van der Waals surface area contributed by atoms with Crippen molar-refractivity contribution in [1.29, 1.82) is 5.26 Å². The molecule has 0 unspecified atom stereocenters. The van der Waals surface area contributed by atoms with Crippen LogP contribution in [0.15, 0.2) is 17.3 Å². The van der Waals surface area contributed by atoms with Gasteiger partial charge in [-0.05, 0) is 6.92 Å². The van der Waals surface area contributed by atoms with Crippen molar-refractivity contribution in [1.82, 2.24) is 4.90 Å². The molecule has 0 rings (SSSR count). The number of allylic oxidation sites excluding steroid dienone is 1. The summed E-state index contributed by atoms with van der Waals surface area (Å²) in [6.07, 6.45) is 0. The number of nitriles is 1. The van der Waals surface area contributed by atoms with Crippen molar-refractivity contribution in [3.8, 4) is 6.07 Å². The van der Waals surface area contributed by atoms with Gasteiger partial charge in [0.05, 0.1) is 0 Å². The third kappa shape index (κ3) is 2.88. The van der Waals surface area contributed by atoms with Crippen molar-refractivity contribution < 1.29 is 0 Å². The summed E-state index contributed by atoms with van der Waals surface area (Å²) in [4.78, 5) is 5.53. The van der Waals surface area contributed by atoms with E-state index in [0.717, 1.165) is 0 Å². The molecule has 0 saturated carbocycles. The maximum Gasteiger partial charge on any atom is 0.208 e. The summed E-state index contributed by atoms with van der Waals surface area (Å²) in [5.41, 5.74) is 0.644. The third-order valence-electron chi connectivity index (χ3n) is 0.820. The van der Waals surface area contributed by atoms with E-state index in [4.69, 9.17) is 5.26 Å². The molecule has 54 valence electrons. The van der Waals surface area contributed by atoms with Gasteiger partial charge < -0.3 is 4.90 Å². The Labute approximate surface area is 61.3 Å². The van der Waals surface area contributed by atoms with Gasteiger partial charge in [0.25, 0.3) is 0 Å². The number of amidine groups is 1. The van der Waals surface area contributed by atoms with E-state index in [-0.39, 0.29) is 0 Å². The Hall–Kier alpha value is -1.30. The summed E-state index contributed by atoms with van der Waals surface area (Å²) < 4.78 is 0. The number of hydrogen-bond acceptors (Lipinski definition) is 2. The van der Waals surface area contributed by atoms with E-state index in [9.17, 15) is 0 Å². The van der Waals surface area contributed by atoms with Crippen LogP contribution in [-0.2, 0) is 0 Å². The Balaban J connectivity index is 4.38. The van der Waals surface area contributed by atoms with Gasteiger partial charge in [0, 0.05) is 19.8 Å². The molecule has 3 heteroatoms. The molecule has 0 bridgehead atoms. The Morgan fingerprint density at radius 2 is 2.10 bits per heavy atom. The molecule has 0 heterocycles. The van der Waals surface area contributed by atoms with Crippen LogP contribution >= 0.6 is 0 Å². The average molecular weight is 137 g/mol. The molecule has 10 heavy (non-hydrogen) atoms. The average Bonchev–Trinajstić information content (AvgIpc) is 1.81. The summed E-state index contributed by atoms with van der Waals surface area (Å²) in [6.45, 7) is 5.31. The lowest BCUT2D eigenvalue weighted by atomic mass is 10.5. The minimum absolute atomic E-state index is 0.382. The van der Waals surface area contributed by atoms with Gasteiger partial charge in [0.2, 0.25) is 5.84 Å². The summed E-state index contributed by atoms with van der Waals surface area (Å²) >= 11 is 0. The van der Waals surface area contributed by atoms with Crippen LogP contribution in [0.3, 0.4) is 0 Å². The van der Waals surface area contributed by atoms with E-state index in [1.54, 1.807) is 25.9 Å². The molecule has 0 aliphatic carbocycles. The zero-order valence-electron chi connectivity index (χ0n) is 6.55. The molecule has 0 N–H and O–H groups in total. The van der Waals surface area contributed by atoms with Gasteiger partial charge >= 0.3 is 0 Å². The monoisotopic (exact) mass is 137 g/mol. The van der Waals surface area contributed by atoms with Crippen molar-refractivity contribution in [2.24, 2.45) is 4.99 Å². The minimum atomic E-state index is 0.382. The van der Waals surface area contributed by atoms with Crippen LogP contribution in [0, 0.1) is 11.3 Å². The molecule has 0 saturated heterocycles. The second-order valence-electron chi connectivity index (χ2n) is 2.18. The largest absolute Gasteiger partial charge is 0.354 e. The van der Waals surface area contributed by atoms with E-state index >= 15 is 0 Å². The normalized spacial score (nSPS) is 10.4. The highest BCUT2D eigenvalue weighted by Crippen LogP contribution is 1.91. The number of nitrogens with zero attached hydrogens (tertiary/aromatic N) is 3. The molecule has 0 aliphatic heterocycles. The standard InChI is InChI=1S/C7H11N3/c1-6(2)9-7(5-8)10(3)4/h1H2,2-4H3. The van der Waals surface area contributed by atoms with E-state index in [1.165, 1.54) is 0 Å².